The topological polar surface area (TPSA) is 38.0 Å². The number of nitrogens with two attached hydrogens (primary N) is 1. The summed E-state index contributed by atoms with van der Waals surface area (Å²) in [6, 6.07) is 7.04. The zero-order valence-corrected chi connectivity index (χ0v) is 9.23. The third kappa shape index (κ3) is 2.42. The van der Waals surface area contributed by atoms with Crippen molar-refractivity contribution in [1.29, 1.82) is 0 Å². The van der Waals surface area contributed by atoms with Crippen molar-refractivity contribution in [2.24, 2.45) is 0 Å². The molecule has 14 heavy (non-hydrogen) atoms. The Morgan fingerprint density at radius 3 is 2.93 bits per heavy atom. The van der Waals surface area contributed by atoms with Crippen LogP contribution in [0.15, 0.2) is 23.1 Å². The Kier molecular flexibility index (Phi) is 2.99. The van der Waals surface area contributed by atoms with E-state index in [1.54, 1.807) is 11.8 Å². The van der Waals surface area contributed by atoms with Crippen molar-refractivity contribution in [1.82, 2.24) is 5.32 Å². The molecule has 1 aliphatic rings. The van der Waals surface area contributed by atoms with Gasteiger partial charge in [0, 0.05) is 23.2 Å². The Morgan fingerprint density at radius 1 is 1.50 bits per heavy atom. The highest BCUT2D eigenvalue weighted by molar-refractivity contribution is 7.98. The first-order chi connectivity index (χ1) is 6.79. The zero-order chi connectivity index (χ0) is 9.97. The van der Waals surface area contributed by atoms with E-state index in [-0.39, 0.29) is 0 Å². The molecule has 0 bridgehead atoms. The van der Waals surface area contributed by atoms with Gasteiger partial charge in [0.05, 0.1) is 0 Å². The smallest absolute Gasteiger partial charge is 0.0452 e. The Hall–Kier alpha value is -0.670. The standard InChI is InChI=1S/C11H16N2S/c1-14-11-6-8(2-5-10(11)12)7-13-9-3-4-9/h2,5-6,9,13H,3-4,7,12H2,1H3. The van der Waals surface area contributed by atoms with Crippen LogP contribution in [-0.2, 0) is 6.54 Å². The van der Waals surface area contributed by atoms with Gasteiger partial charge in [0.25, 0.3) is 0 Å². The van der Waals surface area contributed by atoms with Gasteiger partial charge in [0.1, 0.15) is 0 Å². The number of hydrogen-bond acceptors (Lipinski definition) is 3. The minimum absolute atomic E-state index is 0.769. The minimum atomic E-state index is 0.769. The van der Waals surface area contributed by atoms with Crippen LogP contribution in [0.5, 0.6) is 0 Å². The summed E-state index contributed by atoms with van der Waals surface area (Å²) in [5, 5.41) is 3.49. The number of nitrogens with one attached hydrogen (secondary N) is 1. The SMILES string of the molecule is CSc1cc(CNC2CC2)ccc1N. The fourth-order valence-electron chi connectivity index (χ4n) is 1.42. The van der Waals surface area contributed by atoms with Gasteiger partial charge < -0.3 is 11.1 Å². The van der Waals surface area contributed by atoms with Crippen LogP contribution in [0.25, 0.3) is 0 Å². The molecular weight excluding hydrogens is 192 g/mol. The quantitative estimate of drug-likeness (QED) is 0.588. The monoisotopic (exact) mass is 208 g/mol. The molecule has 0 aliphatic heterocycles. The van der Waals surface area contributed by atoms with E-state index in [9.17, 15) is 0 Å². The molecule has 1 fully saturated rings. The lowest BCUT2D eigenvalue weighted by Gasteiger charge is -2.07. The number of nitrogen functional groups attached to an aromatic ring is 1. The summed E-state index contributed by atoms with van der Waals surface area (Å²) in [5.41, 5.74) is 8.04. The second-order valence-corrected chi connectivity index (χ2v) is 4.58. The first-order valence-corrected chi connectivity index (χ1v) is 6.18. The highest BCUT2D eigenvalue weighted by Gasteiger charge is 2.19. The van der Waals surface area contributed by atoms with E-state index in [0.29, 0.717) is 0 Å². The van der Waals surface area contributed by atoms with Gasteiger partial charge in [-0.25, -0.2) is 0 Å². The van der Waals surface area contributed by atoms with Gasteiger partial charge in [-0.3, -0.25) is 0 Å². The fourth-order valence-corrected chi connectivity index (χ4v) is 1.99. The number of anilines is 1. The Labute approximate surface area is 89.3 Å². The summed E-state index contributed by atoms with van der Waals surface area (Å²) in [5.74, 6) is 0. The first-order valence-electron chi connectivity index (χ1n) is 4.95. The van der Waals surface area contributed by atoms with Crippen LogP contribution in [0.3, 0.4) is 0 Å². The van der Waals surface area contributed by atoms with Crippen LogP contribution in [0.2, 0.25) is 0 Å². The third-order valence-corrected chi connectivity index (χ3v) is 3.26. The van der Waals surface area contributed by atoms with Crippen LogP contribution in [-0.4, -0.2) is 12.3 Å². The van der Waals surface area contributed by atoms with Gasteiger partial charge in [-0.1, -0.05) is 6.07 Å². The van der Waals surface area contributed by atoms with Crippen LogP contribution in [0.1, 0.15) is 18.4 Å². The van der Waals surface area contributed by atoms with Crippen molar-refractivity contribution in [3.63, 3.8) is 0 Å². The van der Waals surface area contributed by atoms with Gasteiger partial charge in [0.2, 0.25) is 0 Å². The average molecular weight is 208 g/mol. The maximum Gasteiger partial charge on any atom is 0.0452 e. The summed E-state index contributed by atoms with van der Waals surface area (Å²) in [6.07, 6.45) is 4.73. The molecule has 3 heteroatoms. The van der Waals surface area contributed by atoms with Gasteiger partial charge in [-0.15, -0.1) is 11.8 Å². The van der Waals surface area contributed by atoms with E-state index in [2.05, 4.69) is 23.7 Å². The van der Waals surface area contributed by atoms with Crippen molar-refractivity contribution in [3.05, 3.63) is 23.8 Å². The van der Waals surface area contributed by atoms with Crippen LogP contribution >= 0.6 is 11.8 Å². The lowest BCUT2D eigenvalue weighted by Crippen LogP contribution is -2.15. The van der Waals surface area contributed by atoms with Crippen LogP contribution < -0.4 is 11.1 Å². The minimum Gasteiger partial charge on any atom is -0.398 e. The Morgan fingerprint density at radius 2 is 2.29 bits per heavy atom. The summed E-state index contributed by atoms with van der Waals surface area (Å²) >= 11 is 1.71. The second-order valence-electron chi connectivity index (χ2n) is 3.73. The molecular formula is C11H16N2S. The van der Waals surface area contributed by atoms with E-state index < -0.39 is 0 Å². The molecule has 1 aliphatic carbocycles. The second kappa shape index (κ2) is 4.24. The van der Waals surface area contributed by atoms with Crippen LogP contribution in [0, 0.1) is 0 Å². The summed E-state index contributed by atoms with van der Waals surface area (Å²) < 4.78 is 0. The number of hydrogen-bond donors (Lipinski definition) is 2. The molecule has 0 unspecified atom stereocenters. The molecule has 3 N–H and O–H groups in total. The molecule has 2 nitrogen and oxygen atoms in total. The molecule has 0 heterocycles. The molecule has 0 radical (unpaired) electrons. The van der Waals surface area contributed by atoms with Gasteiger partial charge in [0.15, 0.2) is 0 Å². The normalized spacial score (nSPS) is 15.8. The number of thioether (sulfide) groups is 1. The van der Waals surface area contributed by atoms with E-state index in [4.69, 9.17) is 5.73 Å². The summed E-state index contributed by atoms with van der Waals surface area (Å²) in [6.45, 7) is 0.971. The van der Waals surface area contributed by atoms with E-state index in [0.717, 1.165) is 18.3 Å². The molecule has 0 spiro atoms. The van der Waals surface area contributed by atoms with E-state index in [1.165, 1.54) is 23.3 Å². The highest BCUT2D eigenvalue weighted by Crippen LogP contribution is 2.24. The zero-order valence-electron chi connectivity index (χ0n) is 8.42. The molecule has 1 aromatic rings. The molecule has 2 rings (SSSR count). The first kappa shape index (κ1) is 9.87. The lowest BCUT2D eigenvalue weighted by atomic mass is 10.2. The Balaban J connectivity index is 2.01. The molecule has 0 atom stereocenters. The summed E-state index contributed by atoms with van der Waals surface area (Å²) in [4.78, 5) is 1.18. The Bertz CT molecular complexity index is 321. The average Bonchev–Trinajstić information content (AvgIpc) is 3.00. The van der Waals surface area contributed by atoms with Gasteiger partial charge >= 0.3 is 0 Å². The van der Waals surface area contributed by atoms with E-state index in [1.807, 2.05) is 6.07 Å². The van der Waals surface area contributed by atoms with Crippen molar-refractivity contribution in [2.45, 2.75) is 30.3 Å². The number of benzene rings is 1. The molecule has 0 amide bonds. The molecule has 0 saturated heterocycles. The van der Waals surface area contributed by atoms with Crippen molar-refractivity contribution in [3.8, 4) is 0 Å². The maximum atomic E-state index is 5.83. The van der Waals surface area contributed by atoms with Crippen molar-refractivity contribution < 1.29 is 0 Å². The van der Waals surface area contributed by atoms with Gasteiger partial charge in [-0.2, -0.15) is 0 Å². The summed E-state index contributed by atoms with van der Waals surface area (Å²) in [7, 11) is 0. The lowest BCUT2D eigenvalue weighted by molar-refractivity contribution is 0.687. The highest BCUT2D eigenvalue weighted by atomic mass is 32.2. The fraction of sp³-hybridized carbons (Fsp3) is 0.455. The van der Waals surface area contributed by atoms with Crippen molar-refractivity contribution >= 4 is 17.4 Å². The van der Waals surface area contributed by atoms with Crippen molar-refractivity contribution in [2.75, 3.05) is 12.0 Å². The van der Waals surface area contributed by atoms with Gasteiger partial charge in [-0.05, 0) is 36.8 Å². The largest absolute Gasteiger partial charge is 0.398 e. The van der Waals surface area contributed by atoms with E-state index >= 15 is 0 Å². The predicted molar refractivity (Wildman–Crippen MR) is 62.5 cm³/mol. The van der Waals surface area contributed by atoms with Crippen LogP contribution in [0.4, 0.5) is 5.69 Å². The molecule has 76 valence electrons. The number of rotatable bonds is 4. The molecule has 1 saturated carbocycles. The molecule has 1 aromatic carbocycles. The third-order valence-electron chi connectivity index (χ3n) is 2.47. The maximum absolute atomic E-state index is 5.83. The predicted octanol–water partition coefficient (Wildman–Crippen LogP) is 2.24. The molecule has 0 aromatic heterocycles.